The summed E-state index contributed by atoms with van der Waals surface area (Å²) in [7, 11) is 1.99. The van der Waals surface area contributed by atoms with Crippen molar-refractivity contribution >= 4 is 23.2 Å². The molecule has 2 aromatic rings. The van der Waals surface area contributed by atoms with Crippen LogP contribution in [0.4, 0.5) is 0 Å². The molecule has 1 aromatic carbocycles. The predicted molar refractivity (Wildman–Crippen MR) is 73.6 cm³/mol. The molecule has 0 radical (unpaired) electrons. The van der Waals surface area contributed by atoms with E-state index in [0.29, 0.717) is 12.0 Å². The van der Waals surface area contributed by atoms with Gasteiger partial charge in [-0.15, -0.1) is 0 Å². The fraction of sp³-hybridized carbons (Fsp3) is 0.333. The van der Waals surface area contributed by atoms with Crippen LogP contribution < -0.4 is 0 Å². The Morgan fingerprint density at radius 2 is 2.16 bits per heavy atom. The molecule has 4 nitrogen and oxygen atoms in total. The highest BCUT2D eigenvalue weighted by Gasteiger charge is 2.12. The van der Waals surface area contributed by atoms with E-state index in [-0.39, 0.29) is 6.42 Å². The number of nitrogens with zero attached hydrogens (tertiary/aromatic N) is 1. The molecule has 2 rings (SSSR count). The number of hydrogen-bond acceptors (Lipinski definition) is 2. The monoisotopic (exact) mass is 259 g/mol. The summed E-state index contributed by atoms with van der Waals surface area (Å²) in [4.78, 5) is 21.5. The van der Waals surface area contributed by atoms with Crippen molar-refractivity contribution in [2.75, 3.05) is 0 Å². The lowest BCUT2D eigenvalue weighted by Gasteiger charge is -2.01. The van der Waals surface area contributed by atoms with Crippen molar-refractivity contribution in [3.8, 4) is 0 Å². The molecule has 0 aliphatic carbocycles. The van der Waals surface area contributed by atoms with Crippen LogP contribution in [0.5, 0.6) is 0 Å². The van der Waals surface area contributed by atoms with Crippen LogP contribution in [0.15, 0.2) is 18.2 Å². The number of aromatic nitrogens is 1. The summed E-state index contributed by atoms with van der Waals surface area (Å²) >= 11 is 0. The van der Waals surface area contributed by atoms with Gasteiger partial charge in [0, 0.05) is 35.6 Å². The number of benzene rings is 1. The highest BCUT2D eigenvalue weighted by atomic mass is 16.4. The van der Waals surface area contributed by atoms with Crippen molar-refractivity contribution in [3.05, 3.63) is 35.0 Å². The number of carbonyl (C=O) groups excluding carboxylic acids is 1. The Hall–Kier alpha value is -2.10. The maximum Gasteiger partial charge on any atom is 0.303 e. The zero-order valence-corrected chi connectivity index (χ0v) is 11.1. The van der Waals surface area contributed by atoms with E-state index < -0.39 is 5.97 Å². The standard InChI is InChI=1S/C15H17NO3/c1-10-12(4-3-5-15(18)19)13-8-11(9-17)6-7-14(13)16(10)2/h6-9H,3-5H2,1-2H3,(H,18,19). The van der Waals surface area contributed by atoms with E-state index in [4.69, 9.17) is 5.11 Å². The first kappa shape index (κ1) is 13.3. The van der Waals surface area contributed by atoms with Gasteiger partial charge in [-0.05, 0) is 43.5 Å². The fourth-order valence-electron chi connectivity index (χ4n) is 2.47. The van der Waals surface area contributed by atoms with E-state index in [1.807, 2.05) is 26.1 Å². The molecule has 0 bridgehead atoms. The van der Waals surface area contributed by atoms with Gasteiger partial charge in [-0.25, -0.2) is 0 Å². The third kappa shape index (κ3) is 2.52. The Morgan fingerprint density at radius 3 is 2.79 bits per heavy atom. The molecule has 0 aliphatic heterocycles. The number of aryl methyl sites for hydroxylation is 2. The van der Waals surface area contributed by atoms with E-state index in [1.165, 1.54) is 0 Å². The first-order valence-corrected chi connectivity index (χ1v) is 6.29. The van der Waals surface area contributed by atoms with Crippen LogP contribution in [0.25, 0.3) is 10.9 Å². The minimum atomic E-state index is -0.772. The number of carboxylic acid groups (broad SMARTS) is 1. The molecule has 0 unspecified atom stereocenters. The number of fused-ring (bicyclic) bond motifs is 1. The summed E-state index contributed by atoms with van der Waals surface area (Å²) in [5, 5.41) is 9.76. The molecule has 1 heterocycles. The average molecular weight is 259 g/mol. The summed E-state index contributed by atoms with van der Waals surface area (Å²) in [6, 6.07) is 5.62. The van der Waals surface area contributed by atoms with Crippen LogP contribution in [0.2, 0.25) is 0 Å². The van der Waals surface area contributed by atoms with Gasteiger partial charge in [0.2, 0.25) is 0 Å². The van der Waals surface area contributed by atoms with Gasteiger partial charge in [0.05, 0.1) is 0 Å². The molecule has 0 fully saturated rings. The maximum absolute atomic E-state index is 10.9. The molecule has 1 aromatic heterocycles. The number of rotatable bonds is 5. The van der Waals surface area contributed by atoms with Gasteiger partial charge in [0.1, 0.15) is 6.29 Å². The molecular weight excluding hydrogens is 242 g/mol. The van der Waals surface area contributed by atoms with Gasteiger partial charge in [-0.1, -0.05) is 0 Å². The number of carbonyl (C=O) groups is 2. The van der Waals surface area contributed by atoms with Crippen molar-refractivity contribution in [2.45, 2.75) is 26.2 Å². The molecule has 0 aliphatic rings. The van der Waals surface area contributed by atoms with Crippen molar-refractivity contribution in [1.29, 1.82) is 0 Å². The van der Waals surface area contributed by atoms with Crippen molar-refractivity contribution in [2.24, 2.45) is 7.05 Å². The first-order chi connectivity index (χ1) is 9.04. The summed E-state index contributed by atoms with van der Waals surface area (Å²) in [6.07, 6.45) is 2.34. The summed E-state index contributed by atoms with van der Waals surface area (Å²) in [5.41, 5.74) is 4.00. The minimum Gasteiger partial charge on any atom is -0.481 e. The lowest BCUT2D eigenvalue weighted by atomic mass is 10.0. The normalized spacial score (nSPS) is 10.8. The largest absolute Gasteiger partial charge is 0.481 e. The number of aldehydes is 1. The van der Waals surface area contributed by atoms with Crippen molar-refractivity contribution in [1.82, 2.24) is 4.57 Å². The quantitative estimate of drug-likeness (QED) is 0.840. The summed E-state index contributed by atoms with van der Waals surface area (Å²) in [5.74, 6) is -0.772. The van der Waals surface area contributed by atoms with Crippen LogP contribution >= 0.6 is 0 Å². The molecule has 0 saturated carbocycles. The van der Waals surface area contributed by atoms with E-state index in [1.54, 1.807) is 6.07 Å². The Morgan fingerprint density at radius 1 is 1.42 bits per heavy atom. The Balaban J connectivity index is 2.42. The smallest absolute Gasteiger partial charge is 0.303 e. The lowest BCUT2D eigenvalue weighted by molar-refractivity contribution is -0.137. The molecule has 19 heavy (non-hydrogen) atoms. The van der Waals surface area contributed by atoms with Gasteiger partial charge < -0.3 is 9.67 Å². The highest BCUT2D eigenvalue weighted by molar-refractivity contribution is 5.91. The predicted octanol–water partition coefficient (Wildman–Crippen LogP) is 2.71. The second-order valence-electron chi connectivity index (χ2n) is 4.76. The summed E-state index contributed by atoms with van der Waals surface area (Å²) < 4.78 is 2.08. The number of aliphatic carboxylic acids is 1. The van der Waals surface area contributed by atoms with E-state index in [0.717, 1.165) is 34.9 Å². The van der Waals surface area contributed by atoms with Gasteiger partial charge in [-0.3, -0.25) is 9.59 Å². The fourth-order valence-corrected chi connectivity index (χ4v) is 2.47. The van der Waals surface area contributed by atoms with Gasteiger partial charge in [0.15, 0.2) is 0 Å². The maximum atomic E-state index is 10.9. The van der Waals surface area contributed by atoms with Crippen LogP contribution in [0.3, 0.4) is 0 Å². The van der Waals surface area contributed by atoms with Gasteiger partial charge in [0.25, 0.3) is 0 Å². The Kier molecular flexibility index (Phi) is 3.69. The van der Waals surface area contributed by atoms with E-state index >= 15 is 0 Å². The third-order valence-electron chi connectivity index (χ3n) is 3.60. The third-order valence-corrected chi connectivity index (χ3v) is 3.60. The zero-order chi connectivity index (χ0) is 14.0. The van der Waals surface area contributed by atoms with Crippen LogP contribution in [-0.2, 0) is 18.3 Å². The molecule has 100 valence electrons. The van der Waals surface area contributed by atoms with Gasteiger partial charge in [-0.2, -0.15) is 0 Å². The van der Waals surface area contributed by atoms with Crippen molar-refractivity contribution < 1.29 is 14.7 Å². The van der Waals surface area contributed by atoms with E-state index in [9.17, 15) is 9.59 Å². The first-order valence-electron chi connectivity index (χ1n) is 6.29. The number of carboxylic acids is 1. The second-order valence-corrected chi connectivity index (χ2v) is 4.76. The van der Waals surface area contributed by atoms with Crippen LogP contribution in [0, 0.1) is 6.92 Å². The van der Waals surface area contributed by atoms with Crippen LogP contribution in [0.1, 0.15) is 34.5 Å². The van der Waals surface area contributed by atoms with E-state index in [2.05, 4.69) is 4.57 Å². The molecule has 1 N–H and O–H groups in total. The van der Waals surface area contributed by atoms with Crippen LogP contribution in [-0.4, -0.2) is 21.9 Å². The molecule has 0 spiro atoms. The molecule has 0 amide bonds. The molecule has 0 atom stereocenters. The Bertz CT molecular complexity index is 640. The van der Waals surface area contributed by atoms with Crippen molar-refractivity contribution in [3.63, 3.8) is 0 Å². The molecule has 4 heteroatoms. The SMILES string of the molecule is Cc1c(CCCC(=O)O)c2cc(C=O)ccc2n1C. The minimum absolute atomic E-state index is 0.170. The van der Waals surface area contributed by atoms with Gasteiger partial charge >= 0.3 is 5.97 Å². The zero-order valence-electron chi connectivity index (χ0n) is 11.1. The second kappa shape index (κ2) is 5.26. The molecular formula is C15H17NO3. The lowest BCUT2D eigenvalue weighted by Crippen LogP contribution is -1.97. The average Bonchev–Trinajstić information content (AvgIpc) is 2.63. The Labute approximate surface area is 111 Å². The molecule has 0 saturated heterocycles. The number of hydrogen-bond donors (Lipinski definition) is 1. The highest BCUT2D eigenvalue weighted by Crippen LogP contribution is 2.27. The summed E-state index contributed by atoms with van der Waals surface area (Å²) in [6.45, 7) is 2.02. The topological polar surface area (TPSA) is 59.3 Å².